The van der Waals surface area contributed by atoms with Crippen LogP contribution >= 0.6 is 23.4 Å². The van der Waals surface area contributed by atoms with Crippen molar-refractivity contribution < 1.29 is 4.92 Å². The van der Waals surface area contributed by atoms with Crippen LogP contribution in [0.3, 0.4) is 0 Å². The molecule has 0 bridgehead atoms. The summed E-state index contributed by atoms with van der Waals surface area (Å²) in [5, 5.41) is 11.1. The Kier molecular flexibility index (Phi) is 3.66. The average molecular weight is 266 g/mol. The van der Waals surface area contributed by atoms with Crippen LogP contribution in [0.25, 0.3) is 0 Å². The maximum Gasteiger partial charge on any atom is 0.301 e. The first-order valence-electron chi connectivity index (χ1n) is 4.84. The van der Waals surface area contributed by atoms with Gasteiger partial charge in [0, 0.05) is 4.90 Å². The monoisotopic (exact) mass is 265 g/mol. The molecule has 0 fully saturated rings. The lowest BCUT2D eigenvalue weighted by atomic mass is 10.3. The van der Waals surface area contributed by atoms with E-state index in [2.05, 4.69) is 0 Å². The maximum atomic E-state index is 10.9. The fourth-order valence-corrected chi connectivity index (χ4v) is 2.65. The van der Waals surface area contributed by atoms with E-state index < -0.39 is 4.92 Å². The molecule has 0 aliphatic carbocycles. The highest BCUT2D eigenvalue weighted by atomic mass is 35.5. The molecule has 2 aromatic carbocycles. The second-order valence-corrected chi connectivity index (χ2v) is 4.78. The average Bonchev–Trinajstić information content (AvgIpc) is 2.30. The van der Waals surface area contributed by atoms with Gasteiger partial charge in [-0.25, -0.2) is 0 Å². The number of rotatable bonds is 3. The zero-order valence-electron chi connectivity index (χ0n) is 8.67. The SMILES string of the molecule is O=[N+]([O-])c1c(Cl)cccc1Sc1ccccc1. The molecule has 86 valence electrons. The molecule has 2 aromatic rings. The van der Waals surface area contributed by atoms with Crippen molar-refractivity contribution in [1.29, 1.82) is 0 Å². The first-order chi connectivity index (χ1) is 8.18. The van der Waals surface area contributed by atoms with Crippen molar-refractivity contribution in [1.82, 2.24) is 0 Å². The van der Waals surface area contributed by atoms with Crippen LogP contribution in [0.1, 0.15) is 0 Å². The molecule has 0 aliphatic heterocycles. The Morgan fingerprint density at radius 3 is 2.41 bits per heavy atom. The van der Waals surface area contributed by atoms with E-state index >= 15 is 0 Å². The van der Waals surface area contributed by atoms with Gasteiger partial charge in [0.15, 0.2) is 0 Å². The molecular formula is C12H8ClNO2S. The molecular weight excluding hydrogens is 258 g/mol. The lowest BCUT2D eigenvalue weighted by Gasteiger charge is -2.03. The Hall–Kier alpha value is -1.52. The van der Waals surface area contributed by atoms with Crippen LogP contribution in [-0.2, 0) is 0 Å². The summed E-state index contributed by atoms with van der Waals surface area (Å²) in [6.45, 7) is 0. The second kappa shape index (κ2) is 5.21. The number of para-hydroxylation sites is 1. The first-order valence-corrected chi connectivity index (χ1v) is 6.04. The van der Waals surface area contributed by atoms with Gasteiger partial charge in [0.05, 0.1) is 9.82 Å². The third-order valence-corrected chi connectivity index (χ3v) is 3.47. The minimum Gasteiger partial charge on any atom is -0.258 e. The summed E-state index contributed by atoms with van der Waals surface area (Å²) < 4.78 is 0. The lowest BCUT2D eigenvalue weighted by molar-refractivity contribution is -0.387. The number of benzene rings is 2. The van der Waals surface area contributed by atoms with Gasteiger partial charge in [-0.15, -0.1) is 0 Å². The molecule has 0 N–H and O–H groups in total. The van der Waals surface area contributed by atoms with Gasteiger partial charge in [-0.3, -0.25) is 10.1 Å². The normalized spacial score (nSPS) is 10.2. The van der Waals surface area contributed by atoms with Crippen molar-refractivity contribution in [3.8, 4) is 0 Å². The highest BCUT2D eigenvalue weighted by molar-refractivity contribution is 7.99. The fourth-order valence-electron chi connectivity index (χ4n) is 1.37. The van der Waals surface area contributed by atoms with Gasteiger partial charge < -0.3 is 0 Å². The molecule has 0 atom stereocenters. The molecule has 0 saturated heterocycles. The van der Waals surface area contributed by atoms with Crippen LogP contribution in [0.2, 0.25) is 5.02 Å². The van der Waals surface area contributed by atoms with E-state index in [0.29, 0.717) is 4.90 Å². The van der Waals surface area contributed by atoms with Crippen molar-refractivity contribution >= 4 is 29.1 Å². The minimum atomic E-state index is -0.451. The van der Waals surface area contributed by atoms with Crippen molar-refractivity contribution in [2.75, 3.05) is 0 Å². The standard InChI is InChI=1S/C12H8ClNO2S/c13-10-7-4-8-11(12(10)14(15)16)17-9-5-2-1-3-6-9/h1-8H. The first kappa shape index (κ1) is 12.0. The molecule has 0 aliphatic rings. The number of halogens is 1. The van der Waals surface area contributed by atoms with Gasteiger partial charge in [0.2, 0.25) is 0 Å². The van der Waals surface area contributed by atoms with Crippen molar-refractivity contribution in [3.63, 3.8) is 0 Å². The predicted molar refractivity (Wildman–Crippen MR) is 68.7 cm³/mol. The third kappa shape index (κ3) is 2.78. The summed E-state index contributed by atoms with van der Waals surface area (Å²) >= 11 is 7.17. The molecule has 0 aromatic heterocycles. The van der Waals surface area contributed by atoms with Crippen LogP contribution in [-0.4, -0.2) is 4.92 Å². The van der Waals surface area contributed by atoms with Crippen LogP contribution < -0.4 is 0 Å². The van der Waals surface area contributed by atoms with E-state index in [1.165, 1.54) is 17.8 Å². The van der Waals surface area contributed by atoms with E-state index in [4.69, 9.17) is 11.6 Å². The fraction of sp³-hybridized carbons (Fsp3) is 0. The quantitative estimate of drug-likeness (QED) is 0.610. The highest BCUT2D eigenvalue weighted by Gasteiger charge is 2.18. The van der Waals surface area contributed by atoms with Gasteiger partial charge in [-0.1, -0.05) is 47.6 Å². The van der Waals surface area contributed by atoms with Crippen molar-refractivity contribution in [3.05, 3.63) is 63.7 Å². The predicted octanol–water partition coefficient (Wildman–Crippen LogP) is 4.40. The zero-order valence-corrected chi connectivity index (χ0v) is 10.2. The highest BCUT2D eigenvalue weighted by Crippen LogP contribution is 2.38. The summed E-state index contributed by atoms with van der Waals surface area (Å²) in [7, 11) is 0. The molecule has 0 amide bonds. The Morgan fingerprint density at radius 1 is 1.06 bits per heavy atom. The Labute approximate surface area is 108 Å². The second-order valence-electron chi connectivity index (χ2n) is 3.26. The van der Waals surface area contributed by atoms with E-state index in [9.17, 15) is 10.1 Å². The maximum absolute atomic E-state index is 10.9. The summed E-state index contributed by atoms with van der Waals surface area (Å²) in [4.78, 5) is 12.0. The molecule has 0 radical (unpaired) electrons. The topological polar surface area (TPSA) is 43.1 Å². The Balaban J connectivity index is 2.40. The van der Waals surface area contributed by atoms with Gasteiger partial charge in [0.1, 0.15) is 5.02 Å². The van der Waals surface area contributed by atoms with Crippen molar-refractivity contribution in [2.45, 2.75) is 9.79 Å². The van der Waals surface area contributed by atoms with Crippen LogP contribution in [0.5, 0.6) is 0 Å². The summed E-state index contributed by atoms with van der Waals surface area (Å²) in [6.07, 6.45) is 0. The van der Waals surface area contributed by atoms with Gasteiger partial charge in [-0.2, -0.15) is 0 Å². The smallest absolute Gasteiger partial charge is 0.258 e. The largest absolute Gasteiger partial charge is 0.301 e. The summed E-state index contributed by atoms with van der Waals surface area (Å²) in [5.41, 5.74) is -0.0389. The van der Waals surface area contributed by atoms with Crippen LogP contribution in [0.15, 0.2) is 58.3 Å². The van der Waals surface area contributed by atoms with E-state index in [0.717, 1.165) is 4.90 Å². The Bertz CT molecular complexity index is 545. The van der Waals surface area contributed by atoms with Crippen LogP contribution in [0.4, 0.5) is 5.69 Å². The number of hydrogen-bond donors (Lipinski definition) is 0. The lowest BCUT2D eigenvalue weighted by Crippen LogP contribution is -1.91. The van der Waals surface area contributed by atoms with Crippen molar-refractivity contribution in [2.24, 2.45) is 0 Å². The Morgan fingerprint density at radius 2 is 1.76 bits per heavy atom. The molecule has 0 heterocycles. The number of hydrogen-bond acceptors (Lipinski definition) is 3. The molecule has 3 nitrogen and oxygen atoms in total. The molecule has 0 spiro atoms. The van der Waals surface area contributed by atoms with Gasteiger partial charge in [-0.05, 0) is 24.3 Å². The van der Waals surface area contributed by atoms with Crippen LogP contribution in [0, 0.1) is 10.1 Å². The summed E-state index contributed by atoms with van der Waals surface area (Å²) in [5.74, 6) is 0. The minimum absolute atomic E-state index is 0.0389. The summed E-state index contributed by atoms with van der Waals surface area (Å²) in [6, 6.07) is 14.4. The molecule has 17 heavy (non-hydrogen) atoms. The third-order valence-electron chi connectivity index (χ3n) is 2.10. The molecule has 5 heteroatoms. The number of nitrogens with zero attached hydrogens (tertiary/aromatic N) is 1. The number of nitro groups is 1. The molecule has 2 rings (SSSR count). The van der Waals surface area contributed by atoms with E-state index in [-0.39, 0.29) is 10.7 Å². The van der Waals surface area contributed by atoms with E-state index in [1.54, 1.807) is 12.1 Å². The zero-order chi connectivity index (χ0) is 12.3. The number of nitro benzene ring substituents is 1. The van der Waals surface area contributed by atoms with Gasteiger partial charge in [0.25, 0.3) is 0 Å². The van der Waals surface area contributed by atoms with Gasteiger partial charge >= 0.3 is 5.69 Å². The molecule has 0 saturated carbocycles. The van der Waals surface area contributed by atoms with E-state index in [1.807, 2.05) is 30.3 Å². The molecule has 0 unspecified atom stereocenters.